The van der Waals surface area contributed by atoms with E-state index in [1.54, 1.807) is 6.07 Å². The van der Waals surface area contributed by atoms with Crippen molar-refractivity contribution in [3.8, 4) is 17.2 Å². The second-order valence-corrected chi connectivity index (χ2v) is 5.90. The van der Waals surface area contributed by atoms with Crippen molar-refractivity contribution in [1.29, 1.82) is 5.26 Å². The lowest BCUT2D eigenvalue weighted by Crippen LogP contribution is -2.08. The molecule has 0 spiro atoms. The van der Waals surface area contributed by atoms with Crippen molar-refractivity contribution in [3.63, 3.8) is 0 Å². The van der Waals surface area contributed by atoms with Crippen LogP contribution in [0.1, 0.15) is 42.1 Å². The average molecular weight is 308 g/mol. The summed E-state index contributed by atoms with van der Waals surface area (Å²) in [4.78, 5) is 0. The Morgan fingerprint density at radius 1 is 1.17 bits per heavy atom. The summed E-state index contributed by atoms with van der Waals surface area (Å²) >= 11 is 0. The highest BCUT2D eigenvalue weighted by atomic mass is 16.3. The first kappa shape index (κ1) is 17.2. The van der Waals surface area contributed by atoms with Gasteiger partial charge in [-0.2, -0.15) is 5.26 Å². The van der Waals surface area contributed by atoms with E-state index in [0.717, 1.165) is 42.5 Å². The van der Waals surface area contributed by atoms with E-state index in [4.69, 9.17) is 0 Å². The minimum absolute atomic E-state index is 0.505. The number of aliphatic hydroxyl groups excluding tert-OH is 1. The van der Waals surface area contributed by atoms with Gasteiger partial charge in [0.25, 0.3) is 0 Å². The third-order valence-corrected chi connectivity index (χ3v) is 4.02. The lowest BCUT2D eigenvalue weighted by molar-refractivity contribution is 0.164. The van der Waals surface area contributed by atoms with Gasteiger partial charge in [0.1, 0.15) is 0 Å². The van der Waals surface area contributed by atoms with Gasteiger partial charge in [-0.1, -0.05) is 35.9 Å². The summed E-state index contributed by atoms with van der Waals surface area (Å²) in [6, 6.07) is 15.9. The Balaban J connectivity index is 2.30. The molecular weight excluding hydrogens is 284 g/mol. The van der Waals surface area contributed by atoms with Gasteiger partial charge in [0.15, 0.2) is 0 Å². The summed E-state index contributed by atoms with van der Waals surface area (Å²) in [5.74, 6) is 0. The Morgan fingerprint density at radius 2 is 2.00 bits per heavy atom. The molecule has 0 aromatic heterocycles. The van der Waals surface area contributed by atoms with Gasteiger partial charge < -0.3 is 10.4 Å². The van der Waals surface area contributed by atoms with Crippen LogP contribution in [0.2, 0.25) is 0 Å². The summed E-state index contributed by atoms with van der Waals surface area (Å²) in [6.07, 6.45) is 2.24. The molecule has 2 aromatic carbocycles. The molecule has 2 aromatic rings. The first-order valence-electron chi connectivity index (χ1n) is 8.09. The van der Waals surface area contributed by atoms with E-state index in [2.05, 4.69) is 17.5 Å². The Morgan fingerprint density at radius 3 is 2.70 bits per heavy atom. The zero-order chi connectivity index (χ0) is 16.7. The summed E-state index contributed by atoms with van der Waals surface area (Å²) in [7, 11) is 1.94. The van der Waals surface area contributed by atoms with E-state index in [0.29, 0.717) is 5.56 Å². The molecule has 1 unspecified atom stereocenters. The summed E-state index contributed by atoms with van der Waals surface area (Å²) < 4.78 is 0. The first-order chi connectivity index (χ1) is 11.2. The van der Waals surface area contributed by atoms with Crippen molar-refractivity contribution in [1.82, 2.24) is 5.32 Å². The predicted molar refractivity (Wildman–Crippen MR) is 94.1 cm³/mol. The molecule has 0 heterocycles. The van der Waals surface area contributed by atoms with Crippen LogP contribution in [0.25, 0.3) is 11.1 Å². The molecule has 3 heteroatoms. The fourth-order valence-electron chi connectivity index (χ4n) is 2.77. The molecule has 0 aliphatic rings. The molecule has 3 nitrogen and oxygen atoms in total. The molecule has 120 valence electrons. The molecule has 2 N–H and O–H groups in total. The van der Waals surface area contributed by atoms with Crippen molar-refractivity contribution in [2.45, 2.75) is 32.3 Å². The largest absolute Gasteiger partial charge is 0.388 e. The third-order valence-electron chi connectivity index (χ3n) is 4.02. The van der Waals surface area contributed by atoms with Crippen molar-refractivity contribution in [3.05, 3.63) is 59.2 Å². The SMILES string of the molecule is CNCCCCC(O)c1ccc(C#N)cc1-c1cccc(C)c1. The number of aliphatic hydroxyl groups is 1. The molecule has 0 bridgehead atoms. The number of nitrogens with one attached hydrogen (secondary N) is 1. The van der Waals surface area contributed by atoms with Crippen molar-refractivity contribution >= 4 is 0 Å². The molecule has 0 radical (unpaired) electrons. The Hall–Kier alpha value is -2.15. The van der Waals surface area contributed by atoms with Crippen LogP contribution >= 0.6 is 0 Å². The molecular formula is C20H24N2O. The fraction of sp³-hybridized carbons (Fsp3) is 0.350. The Labute approximate surface area is 138 Å². The van der Waals surface area contributed by atoms with Crippen LogP contribution in [0.4, 0.5) is 0 Å². The van der Waals surface area contributed by atoms with Crippen LogP contribution < -0.4 is 5.32 Å². The van der Waals surface area contributed by atoms with Crippen LogP contribution in [0.3, 0.4) is 0 Å². The van der Waals surface area contributed by atoms with Crippen molar-refractivity contribution in [2.24, 2.45) is 0 Å². The van der Waals surface area contributed by atoms with Gasteiger partial charge >= 0.3 is 0 Å². The van der Waals surface area contributed by atoms with Gasteiger partial charge in [-0.25, -0.2) is 0 Å². The molecule has 0 fully saturated rings. The van der Waals surface area contributed by atoms with Gasteiger partial charge in [0, 0.05) is 0 Å². The minimum Gasteiger partial charge on any atom is -0.388 e. The van der Waals surface area contributed by atoms with E-state index in [-0.39, 0.29) is 0 Å². The predicted octanol–water partition coefficient (Wildman–Crippen LogP) is 3.96. The van der Waals surface area contributed by atoms with E-state index in [9.17, 15) is 10.4 Å². The van der Waals surface area contributed by atoms with Gasteiger partial charge in [-0.05, 0) is 68.6 Å². The standard InChI is InChI=1S/C20H24N2O/c1-15-6-5-7-17(12-15)19-13-16(14-21)9-10-18(19)20(23)8-3-4-11-22-2/h5-7,9-10,12-13,20,22-23H,3-4,8,11H2,1-2H3. The van der Waals surface area contributed by atoms with Gasteiger partial charge in [-0.3, -0.25) is 0 Å². The lowest BCUT2D eigenvalue weighted by Gasteiger charge is -2.17. The van der Waals surface area contributed by atoms with Crippen LogP contribution in [0.15, 0.2) is 42.5 Å². The number of hydrogen-bond donors (Lipinski definition) is 2. The second kappa shape index (κ2) is 8.47. The zero-order valence-corrected chi connectivity index (χ0v) is 13.8. The number of unbranched alkanes of at least 4 members (excludes halogenated alkanes) is 1. The number of hydrogen-bond acceptors (Lipinski definition) is 3. The monoisotopic (exact) mass is 308 g/mol. The molecule has 0 saturated heterocycles. The van der Waals surface area contributed by atoms with Crippen LogP contribution in [0, 0.1) is 18.3 Å². The van der Waals surface area contributed by atoms with E-state index < -0.39 is 6.10 Å². The molecule has 1 atom stereocenters. The van der Waals surface area contributed by atoms with Crippen LogP contribution in [-0.2, 0) is 0 Å². The number of rotatable bonds is 7. The number of nitrogens with zero attached hydrogens (tertiary/aromatic N) is 1. The van der Waals surface area contributed by atoms with Gasteiger partial charge in [-0.15, -0.1) is 0 Å². The molecule has 0 saturated carbocycles. The highest BCUT2D eigenvalue weighted by Crippen LogP contribution is 2.32. The smallest absolute Gasteiger partial charge is 0.0991 e. The minimum atomic E-state index is -0.505. The first-order valence-corrected chi connectivity index (χ1v) is 8.09. The molecule has 0 amide bonds. The quantitative estimate of drug-likeness (QED) is 0.761. The molecule has 23 heavy (non-hydrogen) atoms. The van der Waals surface area contributed by atoms with Crippen molar-refractivity contribution in [2.75, 3.05) is 13.6 Å². The highest BCUT2D eigenvalue weighted by Gasteiger charge is 2.14. The van der Waals surface area contributed by atoms with E-state index in [1.807, 2.05) is 44.3 Å². The van der Waals surface area contributed by atoms with E-state index >= 15 is 0 Å². The summed E-state index contributed by atoms with van der Waals surface area (Å²) in [6.45, 7) is 3.01. The van der Waals surface area contributed by atoms with Crippen LogP contribution in [-0.4, -0.2) is 18.7 Å². The van der Waals surface area contributed by atoms with Gasteiger partial charge in [0.2, 0.25) is 0 Å². The fourth-order valence-corrected chi connectivity index (χ4v) is 2.77. The maximum Gasteiger partial charge on any atom is 0.0991 e. The summed E-state index contributed by atoms with van der Waals surface area (Å²) in [5, 5.41) is 22.9. The molecule has 0 aliphatic carbocycles. The second-order valence-electron chi connectivity index (χ2n) is 5.90. The third kappa shape index (κ3) is 4.66. The zero-order valence-electron chi connectivity index (χ0n) is 13.8. The average Bonchev–Trinajstić information content (AvgIpc) is 2.58. The lowest BCUT2D eigenvalue weighted by atomic mass is 9.92. The topological polar surface area (TPSA) is 56.0 Å². The normalized spacial score (nSPS) is 11.9. The number of benzene rings is 2. The van der Waals surface area contributed by atoms with Gasteiger partial charge in [0.05, 0.1) is 17.7 Å². The van der Waals surface area contributed by atoms with Crippen LogP contribution in [0.5, 0.6) is 0 Å². The maximum absolute atomic E-state index is 10.6. The number of aryl methyl sites for hydroxylation is 1. The number of nitriles is 1. The van der Waals surface area contributed by atoms with Crippen molar-refractivity contribution < 1.29 is 5.11 Å². The highest BCUT2D eigenvalue weighted by molar-refractivity contribution is 5.70. The Kier molecular flexibility index (Phi) is 6.34. The molecule has 0 aliphatic heterocycles. The maximum atomic E-state index is 10.6. The Bertz CT molecular complexity index is 688. The summed E-state index contributed by atoms with van der Waals surface area (Å²) in [5.41, 5.74) is 4.69. The molecule has 2 rings (SSSR count). The van der Waals surface area contributed by atoms with E-state index in [1.165, 1.54) is 5.56 Å².